The number of carbonyl (C=O) groups is 3. The second kappa shape index (κ2) is 16.7. The summed E-state index contributed by atoms with van der Waals surface area (Å²) in [5, 5.41) is 5.71. The fourth-order valence-corrected chi connectivity index (χ4v) is 12.7. The summed E-state index contributed by atoms with van der Waals surface area (Å²) in [4.78, 5) is 47.9. The number of rotatable bonds is 17. The van der Waals surface area contributed by atoms with Crippen molar-refractivity contribution in [3.8, 4) is 11.1 Å². The lowest BCUT2D eigenvalue weighted by Crippen LogP contribution is -2.82. The lowest BCUT2D eigenvalue weighted by Gasteiger charge is -2.80. The molecule has 4 fully saturated rings. The molecule has 0 saturated heterocycles. The van der Waals surface area contributed by atoms with Gasteiger partial charge in [-0.1, -0.05) is 99.6 Å². The number of hydrogen-bond donors (Lipinski definition) is 1. The van der Waals surface area contributed by atoms with E-state index in [9.17, 15) is 14.4 Å². The summed E-state index contributed by atoms with van der Waals surface area (Å²) in [6, 6.07) is 26.2. The van der Waals surface area contributed by atoms with Gasteiger partial charge in [0, 0.05) is 55.3 Å². The normalized spacial score (nSPS) is 26.1. The van der Waals surface area contributed by atoms with Gasteiger partial charge < -0.3 is 24.4 Å². The number of amides is 2. The molecule has 4 aromatic rings. The first-order valence-electron chi connectivity index (χ1n) is 22.3. The van der Waals surface area contributed by atoms with E-state index in [0.717, 1.165) is 29.7 Å². The molecule has 10 heteroatoms. The van der Waals surface area contributed by atoms with Crippen LogP contribution in [0.3, 0.4) is 0 Å². The molecule has 1 heterocycles. The highest BCUT2D eigenvalue weighted by atomic mass is 32.1. The molecule has 9 nitrogen and oxygen atoms in total. The molecule has 0 aliphatic heterocycles. The van der Waals surface area contributed by atoms with E-state index in [1.165, 1.54) is 52.9 Å². The average molecular weight is 830 g/mol. The minimum Gasteiger partial charge on any atom is -0.458 e. The summed E-state index contributed by atoms with van der Waals surface area (Å²) in [6.07, 6.45) is 5.57. The highest BCUT2D eigenvalue weighted by molar-refractivity contribution is 7.09. The largest absolute Gasteiger partial charge is 0.458 e. The van der Waals surface area contributed by atoms with E-state index in [4.69, 9.17) is 19.2 Å². The fourth-order valence-electron chi connectivity index (χ4n) is 11.8. The molecular formula is C50H59N3O6S. The summed E-state index contributed by atoms with van der Waals surface area (Å²) in [5.41, 5.74) is 5.90. The van der Waals surface area contributed by atoms with Gasteiger partial charge in [-0.15, -0.1) is 11.3 Å². The minimum atomic E-state index is -0.431. The van der Waals surface area contributed by atoms with Crippen molar-refractivity contribution in [1.29, 1.82) is 0 Å². The molecule has 10 atom stereocenters. The van der Waals surface area contributed by atoms with Gasteiger partial charge >= 0.3 is 12.1 Å². The molecule has 0 bridgehead atoms. The third-order valence-electron chi connectivity index (χ3n) is 15.0. The Kier molecular flexibility index (Phi) is 11.4. The Morgan fingerprint density at radius 2 is 1.58 bits per heavy atom. The summed E-state index contributed by atoms with van der Waals surface area (Å²) in [6.45, 7) is 8.76. The summed E-state index contributed by atoms with van der Waals surface area (Å²) >= 11 is 1.39. The van der Waals surface area contributed by atoms with Gasteiger partial charge in [-0.3, -0.25) is 9.59 Å². The molecule has 1 aromatic heterocycles. The van der Waals surface area contributed by atoms with Gasteiger partial charge in [-0.25, -0.2) is 9.78 Å². The Morgan fingerprint density at radius 3 is 2.22 bits per heavy atom. The van der Waals surface area contributed by atoms with Crippen molar-refractivity contribution in [2.24, 2.45) is 41.4 Å². The van der Waals surface area contributed by atoms with Crippen molar-refractivity contribution in [2.45, 2.75) is 102 Å². The zero-order chi connectivity index (χ0) is 41.7. The van der Waals surface area contributed by atoms with Crippen LogP contribution in [0.25, 0.3) is 11.1 Å². The van der Waals surface area contributed by atoms with Crippen LogP contribution in [0.1, 0.15) is 110 Å². The van der Waals surface area contributed by atoms with Crippen LogP contribution < -0.4 is 5.32 Å². The number of fused-ring (bicyclic) bond motifs is 10. The lowest BCUT2D eigenvalue weighted by molar-refractivity contribution is -0.374. The SMILES string of the molecule is CCO[C@H](C[C@H](C(C)C)N(C)C(=O)OCC1c2ccccc2-c2ccccc21)c1nc(C(=O)N[C@@H](Cc2ccccc2)C[C@H](C)C(=O)OC23CCC2C2C4CCC4C23)cs1. The average Bonchev–Trinajstić information content (AvgIpc) is 3.85. The highest BCUT2D eigenvalue weighted by Gasteiger charge is 2.80. The van der Waals surface area contributed by atoms with E-state index < -0.39 is 6.10 Å². The topological polar surface area (TPSA) is 107 Å². The van der Waals surface area contributed by atoms with E-state index in [0.29, 0.717) is 48.4 Å². The Hall–Kier alpha value is -4.54. The first-order valence-corrected chi connectivity index (χ1v) is 23.2. The van der Waals surface area contributed by atoms with Crippen molar-refractivity contribution in [2.75, 3.05) is 20.3 Å². The second-order valence-electron chi connectivity index (χ2n) is 18.5. The zero-order valence-electron chi connectivity index (χ0n) is 35.5. The smallest absolute Gasteiger partial charge is 0.409 e. The van der Waals surface area contributed by atoms with Crippen molar-refractivity contribution in [1.82, 2.24) is 15.2 Å². The van der Waals surface area contributed by atoms with E-state index in [1.807, 2.05) is 56.3 Å². The van der Waals surface area contributed by atoms with E-state index in [2.05, 4.69) is 55.6 Å². The third-order valence-corrected chi connectivity index (χ3v) is 15.9. The summed E-state index contributed by atoms with van der Waals surface area (Å²) in [5.74, 6) is 2.87. The van der Waals surface area contributed by atoms with Gasteiger partial charge in [0.25, 0.3) is 5.91 Å². The number of thiazole rings is 1. The van der Waals surface area contributed by atoms with Gasteiger partial charge in [0.05, 0.1) is 5.92 Å². The Bertz CT molecular complexity index is 2160. The van der Waals surface area contributed by atoms with Gasteiger partial charge in [0.2, 0.25) is 0 Å². The monoisotopic (exact) mass is 829 g/mol. The maximum absolute atomic E-state index is 14.0. The third kappa shape index (κ3) is 7.25. The molecule has 5 aliphatic rings. The predicted octanol–water partition coefficient (Wildman–Crippen LogP) is 9.86. The molecule has 6 unspecified atom stereocenters. The van der Waals surface area contributed by atoms with Crippen molar-refractivity contribution < 1.29 is 28.6 Å². The van der Waals surface area contributed by atoms with Gasteiger partial charge in [-0.2, -0.15) is 0 Å². The van der Waals surface area contributed by atoms with Crippen LogP contribution in [0.4, 0.5) is 4.79 Å². The molecule has 2 amide bonds. The first kappa shape index (κ1) is 40.8. The Balaban J connectivity index is 0.839. The highest BCUT2D eigenvalue weighted by Crippen LogP contribution is 2.79. The minimum absolute atomic E-state index is 0.0278. The number of esters is 1. The van der Waals surface area contributed by atoms with Crippen LogP contribution in [0.5, 0.6) is 0 Å². The maximum Gasteiger partial charge on any atom is 0.409 e. The van der Waals surface area contributed by atoms with Crippen LogP contribution in [0.15, 0.2) is 84.2 Å². The van der Waals surface area contributed by atoms with E-state index >= 15 is 0 Å². The van der Waals surface area contributed by atoms with E-state index in [-0.39, 0.29) is 60.0 Å². The van der Waals surface area contributed by atoms with Crippen LogP contribution >= 0.6 is 11.3 Å². The molecular weight excluding hydrogens is 771 g/mol. The maximum atomic E-state index is 14.0. The molecule has 0 spiro atoms. The molecule has 9 rings (SSSR count). The van der Waals surface area contributed by atoms with Crippen molar-refractivity contribution >= 4 is 29.3 Å². The number of nitrogens with one attached hydrogen (secondary N) is 1. The van der Waals surface area contributed by atoms with Crippen LogP contribution in [0, 0.1) is 41.4 Å². The number of benzene rings is 3. The van der Waals surface area contributed by atoms with E-state index in [1.54, 1.807) is 17.3 Å². The number of nitrogens with zero attached hydrogens (tertiary/aromatic N) is 2. The first-order chi connectivity index (χ1) is 29.1. The lowest BCUT2D eigenvalue weighted by atomic mass is 9.26. The number of aromatic nitrogens is 1. The standard InChI is InChI=1S/C50H59N3O6S/c1-6-57-43(26-42(29(2)3)53(5)49(56)58-27-39-35-18-12-10-16-33(35)34-17-11-13-19-36(34)39)47-52-41(28-60-47)46(54)51-32(25-31-14-8-7-9-15-31)24-30(4)48(55)59-50-23-22-40(50)44-37-20-21-38(37)45(44)50/h7-19,28-30,32,37-40,42-45H,6,20-27H2,1-5H3,(H,51,54)/t30-,32+,37?,38?,40?,42+,43+,44?,45?,50?/m0/s1. The zero-order valence-corrected chi connectivity index (χ0v) is 36.4. The number of hydrogen-bond acceptors (Lipinski definition) is 8. The predicted molar refractivity (Wildman–Crippen MR) is 232 cm³/mol. The molecule has 0 radical (unpaired) electrons. The molecule has 1 N–H and O–H groups in total. The Labute approximate surface area is 358 Å². The summed E-state index contributed by atoms with van der Waals surface area (Å²) < 4.78 is 18.8. The van der Waals surface area contributed by atoms with Crippen LogP contribution in [0.2, 0.25) is 0 Å². The second-order valence-corrected chi connectivity index (χ2v) is 19.4. The molecule has 316 valence electrons. The number of carbonyl (C=O) groups excluding carboxylic acids is 3. The molecule has 4 saturated carbocycles. The van der Waals surface area contributed by atoms with Crippen LogP contribution in [-0.4, -0.2) is 65.8 Å². The molecule has 60 heavy (non-hydrogen) atoms. The van der Waals surface area contributed by atoms with Gasteiger partial charge in [-0.05, 0) is 96.9 Å². The summed E-state index contributed by atoms with van der Waals surface area (Å²) in [7, 11) is 1.79. The fraction of sp³-hybridized carbons (Fsp3) is 0.520. The molecule has 3 aromatic carbocycles. The number of ether oxygens (including phenoxy) is 3. The van der Waals surface area contributed by atoms with Crippen molar-refractivity contribution in [3.63, 3.8) is 0 Å². The van der Waals surface area contributed by atoms with Crippen molar-refractivity contribution in [3.05, 3.63) is 112 Å². The van der Waals surface area contributed by atoms with Crippen LogP contribution in [-0.2, 0) is 25.4 Å². The quantitative estimate of drug-likeness (QED) is 0.106. The van der Waals surface area contributed by atoms with Gasteiger partial charge in [0.1, 0.15) is 29.0 Å². The molecule has 5 aliphatic carbocycles. The van der Waals surface area contributed by atoms with Gasteiger partial charge in [0.15, 0.2) is 0 Å². The Morgan fingerprint density at radius 1 is 0.900 bits per heavy atom.